The van der Waals surface area contributed by atoms with Gasteiger partial charge in [-0.1, -0.05) is 31.2 Å². The largest absolute Gasteiger partial charge is 0.326 e. The van der Waals surface area contributed by atoms with E-state index in [-0.39, 0.29) is 0 Å². The van der Waals surface area contributed by atoms with Crippen molar-refractivity contribution in [2.24, 2.45) is 5.73 Å². The molecule has 0 bridgehead atoms. The molecule has 0 saturated heterocycles. The summed E-state index contributed by atoms with van der Waals surface area (Å²) < 4.78 is 0. The highest BCUT2D eigenvalue weighted by molar-refractivity contribution is 5.59. The first kappa shape index (κ1) is 9.86. The van der Waals surface area contributed by atoms with Crippen LogP contribution >= 0.6 is 0 Å². The molecule has 0 atom stereocenters. The Kier molecular flexibility index (Phi) is 2.78. The van der Waals surface area contributed by atoms with Gasteiger partial charge in [0.2, 0.25) is 0 Å². The van der Waals surface area contributed by atoms with Crippen LogP contribution in [-0.4, -0.2) is 15.2 Å². The molecule has 2 rings (SSSR count). The maximum absolute atomic E-state index is 5.66. The molecule has 0 aliphatic rings. The van der Waals surface area contributed by atoms with Gasteiger partial charge in [-0.15, -0.1) is 0 Å². The molecule has 2 aromatic rings. The van der Waals surface area contributed by atoms with Crippen molar-refractivity contribution >= 4 is 0 Å². The van der Waals surface area contributed by atoms with Crippen LogP contribution in [0.15, 0.2) is 24.3 Å². The van der Waals surface area contributed by atoms with E-state index in [4.69, 9.17) is 5.73 Å². The molecule has 78 valence electrons. The molecule has 0 saturated carbocycles. The second-order valence-electron chi connectivity index (χ2n) is 3.32. The van der Waals surface area contributed by atoms with E-state index in [9.17, 15) is 0 Å². The lowest BCUT2D eigenvalue weighted by Gasteiger charge is -2.02. The number of aromatic nitrogens is 3. The van der Waals surface area contributed by atoms with Gasteiger partial charge in [-0.3, -0.25) is 5.10 Å². The highest BCUT2D eigenvalue weighted by atomic mass is 15.2. The van der Waals surface area contributed by atoms with Gasteiger partial charge in [-0.05, 0) is 5.56 Å². The molecule has 0 fully saturated rings. The normalized spacial score (nSPS) is 10.5. The molecule has 4 heteroatoms. The van der Waals surface area contributed by atoms with Gasteiger partial charge in [0.05, 0.1) is 0 Å². The molecule has 0 aliphatic carbocycles. The van der Waals surface area contributed by atoms with Crippen molar-refractivity contribution in [1.29, 1.82) is 0 Å². The number of hydrogen-bond acceptors (Lipinski definition) is 3. The second kappa shape index (κ2) is 4.23. The molecule has 4 nitrogen and oxygen atoms in total. The van der Waals surface area contributed by atoms with Gasteiger partial charge < -0.3 is 5.73 Å². The minimum Gasteiger partial charge on any atom is -0.326 e. The fourth-order valence-electron chi connectivity index (χ4n) is 1.49. The summed E-state index contributed by atoms with van der Waals surface area (Å²) in [6.45, 7) is 2.55. The van der Waals surface area contributed by atoms with E-state index in [1.807, 2.05) is 31.2 Å². The van der Waals surface area contributed by atoms with E-state index in [2.05, 4.69) is 15.2 Å². The number of nitrogens with zero attached hydrogens (tertiary/aromatic N) is 2. The number of hydrogen-bond donors (Lipinski definition) is 2. The molecular weight excluding hydrogens is 188 g/mol. The first-order valence-electron chi connectivity index (χ1n) is 5.04. The summed E-state index contributed by atoms with van der Waals surface area (Å²) in [6, 6.07) is 7.93. The third kappa shape index (κ3) is 1.89. The third-order valence-electron chi connectivity index (χ3n) is 2.34. The molecule has 1 heterocycles. The summed E-state index contributed by atoms with van der Waals surface area (Å²) in [4.78, 5) is 4.39. The summed E-state index contributed by atoms with van der Waals surface area (Å²) in [5.74, 6) is 1.63. The Hall–Kier alpha value is -1.68. The molecule has 0 aliphatic heterocycles. The van der Waals surface area contributed by atoms with Gasteiger partial charge in [0.1, 0.15) is 5.82 Å². The molecule has 1 aromatic carbocycles. The van der Waals surface area contributed by atoms with Crippen LogP contribution in [0.4, 0.5) is 0 Å². The standard InChI is InChI=1S/C11H14N4/c1-2-10-13-11(15-14-10)9-6-4-3-5-8(9)7-12/h3-6H,2,7,12H2,1H3,(H,13,14,15). The van der Waals surface area contributed by atoms with Gasteiger partial charge in [0, 0.05) is 18.5 Å². The fourth-order valence-corrected chi connectivity index (χ4v) is 1.49. The number of aryl methyl sites for hydroxylation is 1. The molecule has 15 heavy (non-hydrogen) atoms. The van der Waals surface area contributed by atoms with E-state index in [1.165, 1.54) is 0 Å². The summed E-state index contributed by atoms with van der Waals surface area (Å²) in [5, 5.41) is 7.08. The lowest BCUT2D eigenvalue weighted by Crippen LogP contribution is -1.99. The van der Waals surface area contributed by atoms with Crippen LogP contribution in [0.1, 0.15) is 18.3 Å². The average molecular weight is 202 g/mol. The van der Waals surface area contributed by atoms with E-state index < -0.39 is 0 Å². The number of rotatable bonds is 3. The van der Waals surface area contributed by atoms with E-state index >= 15 is 0 Å². The SMILES string of the molecule is CCc1nc(-c2ccccc2CN)n[nH]1. The van der Waals surface area contributed by atoms with Crippen molar-refractivity contribution < 1.29 is 0 Å². The minimum absolute atomic E-state index is 0.506. The van der Waals surface area contributed by atoms with E-state index in [0.29, 0.717) is 6.54 Å². The number of benzene rings is 1. The summed E-state index contributed by atoms with van der Waals surface area (Å²) >= 11 is 0. The highest BCUT2D eigenvalue weighted by Gasteiger charge is 2.07. The molecule has 0 spiro atoms. The average Bonchev–Trinajstić information content (AvgIpc) is 2.77. The van der Waals surface area contributed by atoms with Crippen molar-refractivity contribution in [3.8, 4) is 11.4 Å². The third-order valence-corrected chi connectivity index (χ3v) is 2.34. The van der Waals surface area contributed by atoms with Gasteiger partial charge in [-0.2, -0.15) is 5.10 Å². The van der Waals surface area contributed by atoms with E-state index in [0.717, 1.165) is 29.2 Å². The molecule has 1 aromatic heterocycles. The van der Waals surface area contributed by atoms with Crippen LogP contribution in [0.25, 0.3) is 11.4 Å². The predicted molar refractivity (Wildman–Crippen MR) is 59.1 cm³/mol. The molecule has 0 amide bonds. The first-order chi connectivity index (χ1) is 7.35. The zero-order valence-corrected chi connectivity index (χ0v) is 8.70. The zero-order chi connectivity index (χ0) is 10.7. The molecular formula is C11H14N4. The maximum Gasteiger partial charge on any atom is 0.181 e. The quantitative estimate of drug-likeness (QED) is 0.792. The number of aromatic amines is 1. The Labute approximate surface area is 88.5 Å². The van der Waals surface area contributed by atoms with Crippen LogP contribution in [0.2, 0.25) is 0 Å². The van der Waals surface area contributed by atoms with Crippen LogP contribution in [-0.2, 0) is 13.0 Å². The molecule has 0 unspecified atom stereocenters. The van der Waals surface area contributed by atoms with Crippen molar-refractivity contribution in [2.75, 3.05) is 0 Å². The molecule has 0 radical (unpaired) electrons. The number of nitrogens with two attached hydrogens (primary N) is 1. The fraction of sp³-hybridized carbons (Fsp3) is 0.273. The van der Waals surface area contributed by atoms with Crippen molar-refractivity contribution in [3.63, 3.8) is 0 Å². The van der Waals surface area contributed by atoms with Crippen LogP contribution in [0.3, 0.4) is 0 Å². The Morgan fingerprint density at radius 2 is 2.13 bits per heavy atom. The zero-order valence-electron chi connectivity index (χ0n) is 8.70. The Morgan fingerprint density at radius 3 is 2.80 bits per heavy atom. The van der Waals surface area contributed by atoms with Crippen LogP contribution < -0.4 is 5.73 Å². The summed E-state index contributed by atoms with van der Waals surface area (Å²) in [6.07, 6.45) is 0.859. The number of H-pyrrole nitrogens is 1. The Bertz CT molecular complexity index is 447. The van der Waals surface area contributed by atoms with Gasteiger partial charge in [0.25, 0.3) is 0 Å². The summed E-state index contributed by atoms with van der Waals surface area (Å²) in [7, 11) is 0. The van der Waals surface area contributed by atoms with Crippen molar-refractivity contribution in [2.45, 2.75) is 19.9 Å². The Morgan fingerprint density at radius 1 is 1.33 bits per heavy atom. The lowest BCUT2D eigenvalue weighted by atomic mass is 10.1. The van der Waals surface area contributed by atoms with Crippen LogP contribution in [0, 0.1) is 0 Å². The van der Waals surface area contributed by atoms with Crippen molar-refractivity contribution in [1.82, 2.24) is 15.2 Å². The first-order valence-corrected chi connectivity index (χ1v) is 5.04. The smallest absolute Gasteiger partial charge is 0.181 e. The lowest BCUT2D eigenvalue weighted by molar-refractivity contribution is 0.946. The van der Waals surface area contributed by atoms with Gasteiger partial charge in [0.15, 0.2) is 5.82 Å². The topological polar surface area (TPSA) is 67.6 Å². The monoisotopic (exact) mass is 202 g/mol. The predicted octanol–water partition coefficient (Wildman–Crippen LogP) is 1.49. The number of nitrogens with one attached hydrogen (secondary N) is 1. The second-order valence-corrected chi connectivity index (χ2v) is 3.32. The van der Waals surface area contributed by atoms with E-state index in [1.54, 1.807) is 0 Å². The summed E-state index contributed by atoms with van der Waals surface area (Å²) in [5.41, 5.74) is 7.74. The Balaban J connectivity index is 2.44. The van der Waals surface area contributed by atoms with Crippen molar-refractivity contribution in [3.05, 3.63) is 35.7 Å². The van der Waals surface area contributed by atoms with Gasteiger partial charge >= 0.3 is 0 Å². The van der Waals surface area contributed by atoms with Gasteiger partial charge in [-0.25, -0.2) is 4.98 Å². The molecule has 3 N–H and O–H groups in total. The van der Waals surface area contributed by atoms with Crippen LogP contribution in [0.5, 0.6) is 0 Å². The minimum atomic E-state index is 0.506. The maximum atomic E-state index is 5.66. The highest BCUT2D eigenvalue weighted by Crippen LogP contribution is 2.19.